The molecule has 17 heavy (non-hydrogen) atoms. The van der Waals surface area contributed by atoms with E-state index in [-0.39, 0.29) is 5.75 Å². The lowest BCUT2D eigenvalue weighted by Crippen LogP contribution is -2.35. The average Bonchev–Trinajstić information content (AvgIpc) is 2.36. The molecule has 1 aromatic rings. The Hall–Kier alpha value is -1.09. The van der Waals surface area contributed by atoms with Crippen molar-refractivity contribution < 1.29 is 9.50 Å². The largest absolute Gasteiger partial charge is 0.505 e. The zero-order chi connectivity index (χ0) is 12.3. The zero-order valence-corrected chi connectivity index (χ0v) is 10.3. The minimum Gasteiger partial charge on any atom is -0.505 e. The molecule has 3 heteroatoms. The Kier molecular flexibility index (Phi) is 4.00. The third kappa shape index (κ3) is 2.97. The third-order valence-electron chi connectivity index (χ3n) is 3.49. The van der Waals surface area contributed by atoms with Crippen LogP contribution in [0.4, 0.5) is 4.39 Å². The topological polar surface area (TPSA) is 32.3 Å². The summed E-state index contributed by atoms with van der Waals surface area (Å²) in [7, 11) is 0. The molecular weight excluding hydrogens is 217 g/mol. The smallest absolute Gasteiger partial charge is 0.165 e. The molecule has 0 aromatic heterocycles. The Morgan fingerprint density at radius 2 is 2.24 bits per heavy atom. The van der Waals surface area contributed by atoms with Crippen molar-refractivity contribution in [1.29, 1.82) is 0 Å². The van der Waals surface area contributed by atoms with E-state index in [1.165, 1.54) is 18.9 Å². The van der Waals surface area contributed by atoms with Crippen molar-refractivity contribution >= 4 is 0 Å². The van der Waals surface area contributed by atoms with E-state index < -0.39 is 5.82 Å². The maximum atomic E-state index is 13.5. The number of halogens is 1. The van der Waals surface area contributed by atoms with Gasteiger partial charge in [-0.25, -0.2) is 4.39 Å². The van der Waals surface area contributed by atoms with Crippen molar-refractivity contribution in [3.8, 4) is 5.75 Å². The number of rotatable bonds is 3. The number of phenols is 1. The fraction of sp³-hybridized carbons (Fsp3) is 0.571. The molecule has 1 unspecified atom stereocenters. The van der Waals surface area contributed by atoms with E-state index in [0.717, 1.165) is 36.9 Å². The molecule has 2 nitrogen and oxygen atoms in total. The van der Waals surface area contributed by atoms with Gasteiger partial charge < -0.3 is 10.4 Å². The monoisotopic (exact) mass is 237 g/mol. The Labute approximate surface area is 102 Å². The van der Waals surface area contributed by atoms with Gasteiger partial charge in [0.25, 0.3) is 0 Å². The molecule has 0 bridgehead atoms. The van der Waals surface area contributed by atoms with Crippen molar-refractivity contribution in [3.63, 3.8) is 0 Å². The maximum Gasteiger partial charge on any atom is 0.165 e. The summed E-state index contributed by atoms with van der Waals surface area (Å²) in [4.78, 5) is 0. The van der Waals surface area contributed by atoms with Gasteiger partial charge in [0.2, 0.25) is 0 Å². The van der Waals surface area contributed by atoms with Gasteiger partial charge in [0.1, 0.15) is 0 Å². The lowest BCUT2D eigenvalue weighted by molar-refractivity contribution is 0.384. The second-order valence-corrected chi connectivity index (χ2v) is 4.79. The van der Waals surface area contributed by atoms with Gasteiger partial charge in [-0.15, -0.1) is 0 Å². The van der Waals surface area contributed by atoms with Gasteiger partial charge in [0.05, 0.1) is 0 Å². The van der Waals surface area contributed by atoms with E-state index in [9.17, 15) is 9.50 Å². The minimum atomic E-state index is -0.491. The third-order valence-corrected chi connectivity index (χ3v) is 3.49. The van der Waals surface area contributed by atoms with Crippen molar-refractivity contribution in [2.75, 3.05) is 6.54 Å². The van der Waals surface area contributed by atoms with Crippen LogP contribution in [0, 0.1) is 5.82 Å². The van der Waals surface area contributed by atoms with Gasteiger partial charge in [0.15, 0.2) is 11.6 Å². The van der Waals surface area contributed by atoms with E-state index in [0.29, 0.717) is 6.04 Å². The molecule has 1 saturated heterocycles. The highest BCUT2D eigenvalue weighted by Crippen LogP contribution is 2.26. The summed E-state index contributed by atoms with van der Waals surface area (Å²) < 4.78 is 13.5. The molecule has 0 saturated carbocycles. The Morgan fingerprint density at radius 3 is 2.88 bits per heavy atom. The maximum absolute atomic E-state index is 13.5. The molecule has 1 atom stereocenters. The van der Waals surface area contributed by atoms with Crippen LogP contribution in [0.25, 0.3) is 0 Å². The first-order chi connectivity index (χ1) is 8.20. The summed E-state index contributed by atoms with van der Waals surface area (Å²) in [6, 6.07) is 3.73. The number of nitrogens with one attached hydrogen (secondary N) is 1. The Morgan fingerprint density at radius 1 is 1.41 bits per heavy atom. The van der Waals surface area contributed by atoms with Gasteiger partial charge in [-0.05, 0) is 49.4 Å². The van der Waals surface area contributed by atoms with Crippen molar-refractivity contribution in [2.24, 2.45) is 0 Å². The number of hydrogen-bond donors (Lipinski definition) is 2. The molecule has 0 radical (unpaired) electrons. The summed E-state index contributed by atoms with van der Waals surface area (Å²) in [5, 5.41) is 13.2. The van der Waals surface area contributed by atoms with Crippen LogP contribution in [0.15, 0.2) is 12.1 Å². The number of aromatic hydroxyl groups is 1. The van der Waals surface area contributed by atoms with Crippen LogP contribution in [-0.4, -0.2) is 17.7 Å². The molecule has 0 aliphatic carbocycles. The molecule has 2 N–H and O–H groups in total. The van der Waals surface area contributed by atoms with Crippen LogP contribution in [0.2, 0.25) is 0 Å². The van der Waals surface area contributed by atoms with Crippen LogP contribution in [0.3, 0.4) is 0 Å². The highest BCUT2D eigenvalue weighted by atomic mass is 19.1. The fourth-order valence-corrected chi connectivity index (χ4v) is 2.44. The van der Waals surface area contributed by atoms with E-state index in [4.69, 9.17) is 0 Å². The molecule has 1 aliphatic heterocycles. The van der Waals surface area contributed by atoms with Crippen molar-refractivity contribution in [1.82, 2.24) is 5.32 Å². The second-order valence-electron chi connectivity index (χ2n) is 4.79. The SMILES string of the molecule is CCc1cc(F)c(O)c(CC2CCCCN2)c1. The predicted molar refractivity (Wildman–Crippen MR) is 66.8 cm³/mol. The highest BCUT2D eigenvalue weighted by Gasteiger charge is 2.17. The van der Waals surface area contributed by atoms with Gasteiger partial charge >= 0.3 is 0 Å². The average molecular weight is 237 g/mol. The number of aryl methyl sites for hydroxylation is 1. The van der Waals surface area contributed by atoms with Gasteiger partial charge in [-0.3, -0.25) is 0 Å². The van der Waals surface area contributed by atoms with E-state index in [1.54, 1.807) is 0 Å². The number of piperidine rings is 1. The zero-order valence-electron chi connectivity index (χ0n) is 10.3. The Bertz CT molecular complexity index is 386. The van der Waals surface area contributed by atoms with Crippen molar-refractivity contribution in [2.45, 2.75) is 45.1 Å². The molecule has 94 valence electrons. The normalized spacial score (nSPS) is 20.5. The summed E-state index contributed by atoms with van der Waals surface area (Å²) in [6.07, 6.45) is 5.05. The van der Waals surface area contributed by atoms with Crippen LogP contribution < -0.4 is 5.32 Å². The summed E-state index contributed by atoms with van der Waals surface area (Å²) in [5.41, 5.74) is 1.69. The quantitative estimate of drug-likeness (QED) is 0.847. The van der Waals surface area contributed by atoms with Crippen LogP contribution >= 0.6 is 0 Å². The summed E-state index contributed by atoms with van der Waals surface area (Å²) >= 11 is 0. The Balaban J connectivity index is 2.15. The number of phenolic OH excluding ortho intramolecular Hbond substituents is 1. The van der Waals surface area contributed by atoms with Crippen LogP contribution in [-0.2, 0) is 12.8 Å². The fourth-order valence-electron chi connectivity index (χ4n) is 2.44. The number of benzene rings is 1. The van der Waals surface area contributed by atoms with Crippen molar-refractivity contribution in [3.05, 3.63) is 29.1 Å². The van der Waals surface area contributed by atoms with Gasteiger partial charge in [-0.1, -0.05) is 19.4 Å². The highest BCUT2D eigenvalue weighted by molar-refractivity contribution is 5.38. The van der Waals surface area contributed by atoms with Crippen LogP contribution in [0.5, 0.6) is 5.75 Å². The molecule has 0 amide bonds. The molecule has 0 spiro atoms. The molecule has 2 rings (SSSR count). The predicted octanol–water partition coefficient (Wildman–Crippen LogP) is 2.78. The molecule has 1 aromatic carbocycles. The molecule has 1 fully saturated rings. The van der Waals surface area contributed by atoms with E-state index in [1.807, 2.05) is 13.0 Å². The minimum absolute atomic E-state index is 0.172. The molecule has 1 aliphatic rings. The first kappa shape index (κ1) is 12.4. The standard InChI is InChI=1S/C14H20FNO/c1-2-10-7-11(14(17)13(15)8-10)9-12-5-3-4-6-16-12/h7-8,12,16-17H,2-6,9H2,1H3. The van der Waals surface area contributed by atoms with Gasteiger partial charge in [-0.2, -0.15) is 0 Å². The summed E-state index contributed by atoms with van der Waals surface area (Å²) in [6.45, 7) is 3.02. The second kappa shape index (κ2) is 5.50. The first-order valence-electron chi connectivity index (χ1n) is 6.44. The van der Waals surface area contributed by atoms with E-state index >= 15 is 0 Å². The van der Waals surface area contributed by atoms with Gasteiger partial charge in [0, 0.05) is 6.04 Å². The molecule has 1 heterocycles. The first-order valence-corrected chi connectivity index (χ1v) is 6.44. The number of hydrogen-bond acceptors (Lipinski definition) is 2. The van der Waals surface area contributed by atoms with Crippen LogP contribution in [0.1, 0.15) is 37.3 Å². The lowest BCUT2D eigenvalue weighted by Gasteiger charge is -2.24. The van der Waals surface area contributed by atoms with E-state index in [2.05, 4.69) is 5.32 Å². The summed E-state index contributed by atoms with van der Waals surface area (Å²) in [5.74, 6) is -0.662. The lowest BCUT2D eigenvalue weighted by atomic mass is 9.95. The molecular formula is C14H20FNO.